The van der Waals surface area contributed by atoms with Crippen LogP contribution in [0.2, 0.25) is 0 Å². The molecule has 0 radical (unpaired) electrons. The number of rotatable bonds is 2. The molecule has 18 heavy (non-hydrogen) atoms. The molecule has 3 aromatic rings. The van der Waals surface area contributed by atoms with Gasteiger partial charge < -0.3 is 0 Å². The number of hydrogen-bond donors (Lipinski definition) is 0. The van der Waals surface area contributed by atoms with Crippen molar-refractivity contribution in [2.45, 2.75) is 0 Å². The van der Waals surface area contributed by atoms with Crippen LogP contribution in [0.4, 0.5) is 4.39 Å². The quantitative estimate of drug-likeness (QED) is 0.616. The highest BCUT2D eigenvalue weighted by Crippen LogP contribution is 2.34. The number of halogens is 1. The predicted molar refractivity (Wildman–Crippen MR) is 72.6 cm³/mol. The van der Waals surface area contributed by atoms with Crippen LogP contribution in [0.3, 0.4) is 0 Å². The van der Waals surface area contributed by atoms with Crippen molar-refractivity contribution in [1.29, 1.82) is 0 Å². The number of benzene rings is 2. The predicted octanol–water partition coefficient (Wildman–Crippen LogP) is 4.52. The maximum atomic E-state index is 13.8. The van der Waals surface area contributed by atoms with Gasteiger partial charge in [-0.05, 0) is 35.7 Å². The highest BCUT2D eigenvalue weighted by molar-refractivity contribution is 7.22. The third-order valence-corrected chi connectivity index (χ3v) is 3.97. The van der Waals surface area contributed by atoms with E-state index in [1.54, 1.807) is 6.07 Å². The molecule has 0 aliphatic carbocycles. The van der Waals surface area contributed by atoms with Crippen LogP contribution in [0.1, 0.15) is 10.4 Å². The number of hydrogen-bond acceptors (Lipinski definition) is 2. The summed E-state index contributed by atoms with van der Waals surface area (Å²) in [5.74, 6) is -0.299. The maximum Gasteiger partial charge on any atom is 0.150 e. The molecule has 1 nitrogen and oxygen atoms in total. The van der Waals surface area contributed by atoms with Crippen LogP contribution in [-0.2, 0) is 0 Å². The molecule has 0 bridgehead atoms. The zero-order valence-electron chi connectivity index (χ0n) is 9.39. The Morgan fingerprint density at radius 3 is 2.67 bits per heavy atom. The Labute approximate surface area is 108 Å². The minimum Gasteiger partial charge on any atom is -0.298 e. The van der Waals surface area contributed by atoms with Crippen molar-refractivity contribution < 1.29 is 9.18 Å². The fourth-order valence-electron chi connectivity index (χ4n) is 1.92. The molecule has 0 unspecified atom stereocenters. The first-order valence-electron chi connectivity index (χ1n) is 5.51. The molecule has 0 N–H and O–H groups in total. The largest absolute Gasteiger partial charge is 0.298 e. The SMILES string of the molecule is O=Cc1ccc(F)c(-c2cc3ccccc3s2)c1. The summed E-state index contributed by atoms with van der Waals surface area (Å²) in [6.07, 6.45) is 0.732. The first-order chi connectivity index (χ1) is 8.78. The first-order valence-corrected chi connectivity index (χ1v) is 6.33. The Hall–Kier alpha value is -2.00. The van der Waals surface area contributed by atoms with E-state index in [2.05, 4.69) is 0 Å². The Morgan fingerprint density at radius 1 is 1.06 bits per heavy atom. The zero-order chi connectivity index (χ0) is 12.5. The second-order valence-electron chi connectivity index (χ2n) is 4.01. The third kappa shape index (κ3) is 1.83. The number of aldehydes is 1. The number of fused-ring (bicyclic) bond motifs is 1. The molecule has 1 heterocycles. The molecule has 0 fully saturated rings. The van der Waals surface area contributed by atoms with Gasteiger partial charge in [-0.15, -0.1) is 11.3 Å². The summed E-state index contributed by atoms with van der Waals surface area (Å²) in [4.78, 5) is 11.6. The molecule has 0 saturated carbocycles. The van der Waals surface area contributed by atoms with E-state index in [-0.39, 0.29) is 5.82 Å². The molecule has 3 heteroatoms. The number of thiophene rings is 1. The molecule has 0 aliphatic rings. The van der Waals surface area contributed by atoms with Gasteiger partial charge in [0, 0.05) is 20.7 Å². The Kier molecular flexibility index (Phi) is 2.68. The average molecular weight is 256 g/mol. The summed E-state index contributed by atoms with van der Waals surface area (Å²) in [6, 6.07) is 14.3. The summed E-state index contributed by atoms with van der Waals surface area (Å²) >= 11 is 1.53. The van der Waals surface area contributed by atoms with E-state index in [0.717, 1.165) is 21.2 Å². The molecule has 0 amide bonds. The minimum absolute atomic E-state index is 0.299. The molecule has 0 spiro atoms. The van der Waals surface area contributed by atoms with Gasteiger partial charge in [0.25, 0.3) is 0 Å². The van der Waals surface area contributed by atoms with Crippen molar-refractivity contribution in [3.8, 4) is 10.4 Å². The van der Waals surface area contributed by atoms with Gasteiger partial charge >= 0.3 is 0 Å². The van der Waals surface area contributed by atoms with Gasteiger partial charge in [-0.3, -0.25) is 4.79 Å². The number of carbonyl (C=O) groups is 1. The van der Waals surface area contributed by atoms with E-state index in [9.17, 15) is 9.18 Å². The average Bonchev–Trinajstić information content (AvgIpc) is 2.82. The molecule has 0 aliphatic heterocycles. The normalized spacial score (nSPS) is 10.7. The summed E-state index contributed by atoms with van der Waals surface area (Å²) < 4.78 is 14.9. The molecule has 1 aromatic heterocycles. The van der Waals surface area contributed by atoms with Crippen LogP contribution in [0.25, 0.3) is 20.5 Å². The first kappa shape index (κ1) is 11.1. The van der Waals surface area contributed by atoms with Gasteiger partial charge in [0.1, 0.15) is 12.1 Å². The topological polar surface area (TPSA) is 17.1 Å². The van der Waals surface area contributed by atoms with Gasteiger partial charge in [-0.25, -0.2) is 4.39 Å². The van der Waals surface area contributed by atoms with Crippen molar-refractivity contribution >= 4 is 27.7 Å². The third-order valence-electron chi connectivity index (χ3n) is 2.82. The lowest BCUT2D eigenvalue weighted by molar-refractivity contribution is 0.112. The van der Waals surface area contributed by atoms with E-state index in [4.69, 9.17) is 0 Å². The molecule has 0 atom stereocenters. The summed E-state index contributed by atoms with van der Waals surface area (Å²) in [7, 11) is 0. The van der Waals surface area contributed by atoms with Gasteiger partial charge in [0.05, 0.1) is 0 Å². The van der Waals surface area contributed by atoms with Crippen molar-refractivity contribution in [3.05, 3.63) is 59.9 Å². The van der Waals surface area contributed by atoms with Crippen LogP contribution >= 0.6 is 11.3 Å². The lowest BCUT2D eigenvalue weighted by Gasteiger charge is -2.00. The summed E-state index contributed by atoms with van der Waals surface area (Å²) in [5.41, 5.74) is 0.977. The molecule has 0 saturated heterocycles. The molecular weight excluding hydrogens is 247 g/mol. The van der Waals surface area contributed by atoms with Crippen molar-refractivity contribution in [2.24, 2.45) is 0 Å². The van der Waals surface area contributed by atoms with Gasteiger partial charge in [-0.1, -0.05) is 18.2 Å². The number of carbonyl (C=O) groups excluding carboxylic acids is 1. The fourth-order valence-corrected chi connectivity index (χ4v) is 3.00. The van der Waals surface area contributed by atoms with Gasteiger partial charge in [0.2, 0.25) is 0 Å². The van der Waals surface area contributed by atoms with E-state index in [1.807, 2.05) is 30.3 Å². The Balaban J connectivity index is 2.21. The lowest BCUT2D eigenvalue weighted by Crippen LogP contribution is -1.85. The minimum atomic E-state index is -0.299. The van der Waals surface area contributed by atoms with Gasteiger partial charge in [0.15, 0.2) is 0 Å². The standard InChI is InChI=1S/C15H9FOS/c16-13-6-5-10(9-17)7-12(13)15-8-11-3-1-2-4-14(11)18-15/h1-9H. The van der Waals surface area contributed by atoms with Crippen molar-refractivity contribution in [2.75, 3.05) is 0 Å². The monoisotopic (exact) mass is 256 g/mol. The van der Waals surface area contributed by atoms with E-state index in [1.165, 1.54) is 23.5 Å². The highest BCUT2D eigenvalue weighted by Gasteiger charge is 2.09. The lowest BCUT2D eigenvalue weighted by atomic mass is 10.1. The van der Waals surface area contributed by atoms with Crippen molar-refractivity contribution in [1.82, 2.24) is 0 Å². The van der Waals surface area contributed by atoms with Crippen molar-refractivity contribution in [3.63, 3.8) is 0 Å². The van der Waals surface area contributed by atoms with E-state index >= 15 is 0 Å². The van der Waals surface area contributed by atoms with Crippen LogP contribution < -0.4 is 0 Å². The molecule has 3 rings (SSSR count). The summed E-state index contributed by atoms with van der Waals surface area (Å²) in [6.45, 7) is 0. The Bertz CT molecular complexity index is 697. The van der Waals surface area contributed by atoms with Gasteiger partial charge in [-0.2, -0.15) is 0 Å². The van der Waals surface area contributed by atoms with E-state index in [0.29, 0.717) is 11.1 Å². The van der Waals surface area contributed by atoms with Crippen LogP contribution in [0, 0.1) is 5.82 Å². The van der Waals surface area contributed by atoms with Crippen LogP contribution in [0.15, 0.2) is 48.5 Å². The Morgan fingerprint density at radius 2 is 1.89 bits per heavy atom. The highest BCUT2D eigenvalue weighted by atomic mass is 32.1. The summed E-state index contributed by atoms with van der Waals surface area (Å²) in [5, 5.41) is 1.09. The smallest absolute Gasteiger partial charge is 0.150 e. The zero-order valence-corrected chi connectivity index (χ0v) is 10.2. The van der Waals surface area contributed by atoms with Crippen LogP contribution in [0.5, 0.6) is 0 Å². The second kappa shape index (κ2) is 4.35. The molecule has 88 valence electrons. The second-order valence-corrected chi connectivity index (χ2v) is 5.09. The fraction of sp³-hybridized carbons (Fsp3) is 0. The van der Waals surface area contributed by atoms with E-state index < -0.39 is 0 Å². The molecule has 2 aromatic carbocycles. The molecular formula is C15H9FOS. The maximum absolute atomic E-state index is 13.8. The van der Waals surface area contributed by atoms with Crippen LogP contribution in [-0.4, -0.2) is 6.29 Å².